The maximum absolute atomic E-state index is 13.4. The quantitative estimate of drug-likeness (QED) is 0.536. The number of nitrogens with zero attached hydrogens (tertiary/aromatic N) is 2. The van der Waals surface area contributed by atoms with Crippen molar-refractivity contribution in [2.45, 2.75) is 58.5 Å². The van der Waals surface area contributed by atoms with Gasteiger partial charge in [-0.2, -0.15) is 0 Å². The van der Waals surface area contributed by atoms with Crippen molar-refractivity contribution in [2.24, 2.45) is 0 Å². The van der Waals surface area contributed by atoms with E-state index in [0.717, 1.165) is 31.6 Å². The Labute approximate surface area is 207 Å². The molecule has 0 aliphatic carbocycles. The van der Waals surface area contributed by atoms with Crippen LogP contribution < -0.4 is 20.9 Å². The number of aromatic nitrogens is 1. The number of carbonyl (C=O) groups excluding carboxylic acids is 2. The van der Waals surface area contributed by atoms with Gasteiger partial charge < -0.3 is 20.3 Å². The van der Waals surface area contributed by atoms with Gasteiger partial charge in [0.2, 0.25) is 5.91 Å². The molecule has 2 N–H and O–H groups in total. The molecule has 0 bridgehead atoms. The van der Waals surface area contributed by atoms with Crippen molar-refractivity contribution in [3.8, 4) is 17.0 Å². The van der Waals surface area contributed by atoms with Crippen LogP contribution in [0.1, 0.15) is 56.8 Å². The Morgan fingerprint density at radius 1 is 1.06 bits per heavy atom. The molecule has 0 saturated carbocycles. The molecular weight excluding hydrogens is 444 g/mol. The number of methoxy groups -OCH3 is 1. The van der Waals surface area contributed by atoms with Crippen molar-refractivity contribution in [2.75, 3.05) is 33.3 Å². The van der Waals surface area contributed by atoms with E-state index < -0.39 is 17.0 Å². The van der Waals surface area contributed by atoms with Crippen LogP contribution in [0.15, 0.2) is 41.2 Å². The minimum absolute atomic E-state index is 0.0261. The first-order valence-corrected chi connectivity index (χ1v) is 12.4. The number of hydrogen-bond acceptors (Lipinski definition) is 5. The summed E-state index contributed by atoms with van der Waals surface area (Å²) in [7, 11) is 1.57. The van der Waals surface area contributed by atoms with Crippen molar-refractivity contribution < 1.29 is 14.3 Å². The largest absolute Gasteiger partial charge is 0.497 e. The summed E-state index contributed by atoms with van der Waals surface area (Å²) in [4.78, 5) is 41.4. The minimum Gasteiger partial charge on any atom is -0.497 e. The summed E-state index contributed by atoms with van der Waals surface area (Å²) in [6, 6.07) is 10.5. The summed E-state index contributed by atoms with van der Waals surface area (Å²) >= 11 is 0. The van der Waals surface area contributed by atoms with Gasteiger partial charge in [-0.3, -0.25) is 19.0 Å². The van der Waals surface area contributed by atoms with Crippen molar-refractivity contribution in [1.82, 2.24) is 20.1 Å². The number of pyridine rings is 1. The Morgan fingerprint density at radius 2 is 1.80 bits per heavy atom. The predicted molar refractivity (Wildman–Crippen MR) is 138 cm³/mol. The lowest BCUT2D eigenvalue weighted by Crippen LogP contribution is -2.44. The van der Waals surface area contributed by atoms with Gasteiger partial charge >= 0.3 is 0 Å². The Kier molecular flexibility index (Phi) is 9.09. The van der Waals surface area contributed by atoms with Crippen LogP contribution in [-0.2, 0) is 11.3 Å². The minimum atomic E-state index is -0.497. The van der Waals surface area contributed by atoms with Gasteiger partial charge in [-0.15, -0.1) is 0 Å². The molecule has 8 heteroatoms. The van der Waals surface area contributed by atoms with Crippen LogP contribution >= 0.6 is 0 Å². The maximum Gasteiger partial charge on any atom is 0.264 e. The smallest absolute Gasteiger partial charge is 0.264 e. The topological polar surface area (TPSA) is 92.7 Å². The van der Waals surface area contributed by atoms with Crippen LogP contribution in [0, 0.1) is 0 Å². The van der Waals surface area contributed by atoms with E-state index in [0.29, 0.717) is 18.0 Å². The molecule has 8 nitrogen and oxygen atoms in total. The molecule has 1 aliphatic heterocycles. The van der Waals surface area contributed by atoms with Crippen LogP contribution in [0.3, 0.4) is 0 Å². The molecule has 0 spiro atoms. The van der Waals surface area contributed by atoms with E-state index in [2.05, 4.69) is 15.5 Å². The second-order valence-corrected chi connectivity index (χ2v) is 10.1. The molecule has 0 unspecified atom stereocenters. The van der Waals surface area contributed by atoms with Gasteiger partial charge in [-0.25, -0.2) is 0 Å². The summed E-state index contributed by atoms with van der Waals surface area (Å²) < 4.78 is 6.68. The normalized spacial score (nSPS) is 14.4. The maximum atomic E-state index is 13.4. The van der Waals surface area contributed by atoms with Crippen LogP contribution in [0.25, 0.3) is 11.3 Å². The zero-order valence-corrected chi connectivity index (χ0v) is 21.4. The first-order valence-electron chi connectivity index (χ1n) is 12.4. The zero-order chi connectivity index (χ0) is 25.4. The summed E-state index contributed by atoms with van der Waals surface area (Å²) in [6.07, 6.45) is 4.58. The monoisotopic (exact) mass is 482 g/mol. The average Bonchev–Trinajstić information content (AvgIpc) is 2.82. The molecule has 35 heavy (non-hydrogen) atoms. The molecule has 2 heterocycles. The summed E-state index contributed by atoms with van der Waals surface area (Å²) in [5, 5.41) is 5.77. The van der Waals surface area contributed by atoms with E-state index in [1.165, 1.54) is 29.9 Å². The third kappa shape index (κ3) is 7.68. The molecule has 2 amide bonds. The number of piperidine rings is 1. The molecule has 0 atom stereocenters. The standard InChI is InChI=1S/C27H38N4O4/c1-27(2,3)29-24(32)19-31-23(20-10-8-11-21(18-20)35-4)13-12-22(26(31)34)25(33)28-14-9-17-30-15-6-5-7-16-30/h8,10-13,18H,5-7,9,14-17,19H2,1-4H3,(H,28,33)(H,29,32). The van der Waals surface area contributed by atoms with Crippen molar-refractivity contribution in [1.29, 1.82) is 0 Å². The highest BCUT2D eigenvalue weighted by Crippen LogP contribution is 2.23. The van der Waals surface area contributed by atoms with E-state index in [1.807, 2.05) is 39.0 Å². The van der Waals surface area contributed by atoms with E-state index in [4.69, 9.17) is 4.74 Å². The Hall–Kier alpha value is -3.13. The Morgan fingerprint density at radius 3 is 2.49 bits per heavy atom. The first kappa shape index (κ1) is 26.5. The number of benzene rings is 1. The fourth-order valence-electron chi connectivity index (χ4n) is 4.33. The SMILES string of the molecule is COc1cccc(-c2ccc(C(=O)NCCCN3CCCCC3)c(=O)n2CC(=O)NC(C)(C)C)c1. The lowest BCUT2D eigenvalue weighted by Gasteiger charge is -2.26. The molecular formula is C27H38N4O4. The highest BCUT2D eigenvalue weighted by molar-refractivity contribution is 5.94. The molecule has 1 aromatic heterocycles. The number of nitrogens with one attached hydrogen (secondary N) is 2. The van der Waals surface area contributed by atoms with Crippen LogP contribution in [0.5, 0.6) is 5.75 Å². The molecule has 3 rings (SSSR count). The van der Waals surface area contributed by atoms with Crippen LogP contribution in [-0.4, -0.2) is 60.1 Å². The average molecular weight is 483 g/mol. The van der Waals surface area contributed by atoms with Crippen molar-refractivity contribution in [3.63, 3.8) is 0 Å². The van der Waals surface area contributed by atoms with Gasteiger partial charge in [0.1, 0.15) is 17.9 Å². The van der Waals surface area contributed by atoms with Crippen molar-refractivity contribution >= 4 is 11.8 Å². The number of hydrogen-bond donors (Lipinski definition) is 2. The fraction of sp³-hybridized carbons (Fsp3) is 0.519. The van der Waals surface area contributed by atoms with Gasteiger partial charge in [0.15, 0.2) is 0 Å². The van der Waals surface area contributed by atoms with Crippen LogP contribution in [0.4, 0.5) is 0 Å². The zero-order valence-electron chi connectivity index (χ0n) is 21.4. The molecule has 2 aromatic rings. The van der Waals surface area contributed by atoms with E-state index >= 15 is 0 Å². The molecule has 1 aliphatic rings. The molecule has 0 radical (unpaired) electrons. The number of likely N-dealkylation sites (tertiary alicyclic amines) is 1. The molecule has 190 valence electrons. The number of ether oxygens (including phenoxy) is 1. The van der Waals surface area contributed by atoms with Gasteiger partial charge in [0, 0.05) is 17.6 Å². The molecule has 1 fully saturated rings. The second kappa shape index (κ2) is 12.0. The lowest BCUT2D eigenvalue weighted by atomic mass is 10.1. The van der Waals surface area contributed by atoms with Gasteiger partial charge in [-0.05, 0) is 83.9 Å². The van der Waals surface area contributed by atoms with E-state index in [9.17, 15) is 14.4 Å². The first-order chi connectivity index (χ1) is 16.7. The number of rotatable bonds is 9. The highest BCUT2D eigenvalue weighted by atomic mass is 16.5. The van der Waals surface area contributed by atoms with Gasteiger partial charge in [-0.1, -0.05) is 18.6 Å². The summed E-state index contributed by atoms with van der Waals surface area (Å²) in [5.41, 5.74) is 0.347. The lowest BCUT2D eigenvalue weighted by molar-refractivity contribution is -0.123. The predicted octanol–water partition coefficient (Wildman–Crippen LogP) is 3.04. The molecule has 1 saturated heterocycles. The van der Waals surface area contributed by atoms with E-state index in [-0.39, 0.29) is 18.0 Å². The van der Waals surface area contributed by atoms with Crippen LogP contribution in [0.2, 0.25) is 0 Å². The summed E-state index contributed by atoms with van der Waals surface area (Å²) in [6.45, 7) is 9.10. The van der Waals surface area contributed by atoms with Gasteiger partial charge in [0.05, 0.1) is 12.8 Å². The Bertz CT molecular complexity index is 1080. The molecule has 1 aromatic carbocycles. The Balaban J connectivity index is 1.81. The van der Waals surface area contributed by atoms with E-state index in [1.54, 1.807) is 19.2 Å². The number of carbonyl (C=O) groups is 2. The summed E-state index contributed by atoms with van der Waals surface area (Å²) in [5.74, 6) is -0.0881. The third-order valence-electron chi connectivity index (χ3n) is 5.99. The van der Waals surface area contributed by atoms with Crippen molar-refractivity contribution in [3.05, 3.63) is 52.3 Å². The number of amides is 2. The highest BCUT2D eigenvalue weighted by Gasteiger charge is 2.20. The fourth-order valence-corrected chi connectivity index (χ4v) is 4.33. The third-order valence-corrected chi connectivity index (χ3v) is 5.99. The van der Waals surface area contributed by atoms with Gasteiger partial charge in [0.25, 0.3) is 11.5 Å². The second-order valence-electron chi connectivity index (χ2n) is 10.1.